The van der Waals surface area contributed by atoms with Gasteiger partial charge in [0.2, 0.25) is 0 Å². The quantitative estimate of drug-likeness (QED) is 0.169. The number of aliphatic hydroxyl groups excluding tert-OH is 2. The van der Waals surface area contributed by atoms with Crippen molar-refractivity contribution in [3.63, 3.8) is 0 Å². The van der Waals surface area contributed by atoms with Crippen molar-refractivity contribution in [3.05, 3.63) is 0 Å². The lowest BCUT2D eigenvalue weighted by Crippen LogP contribution is -2.37. The lowest BCUT2D eigenvalue weighted by molar-refractivity contribution is -0.0253. The molecule has 0 aromatic carbocycles. The minimum absolute atomic E-state index is 0.257. The van der Waals surface area contributed by atoms with Crippen LogP contribution >= 0.6 is 0 Å². The molecule has 4 N–H and O–H groups in total. The Labute approximate surface area is 177 Å². The summed E-state index contributed by atoms with van der Waals surface area (Å²) in [5.41, 5.74) is 5.32. The first-order chi connectivity index (χ1) is 14.1. The molecule has 0 fully saturated rings. The Kier molecular flexibility index (Phi) is 22.1. The molecule has 176 valence electrons. The number of nitrogens with two attached hydrogens (primary N) is 1. The average Bonchev–Trinajstić information content (AvgIpc) is 2.72. The Morgan fingerprint density at radius 1 is 0.759 bits per heavy atom. The smallest absolute Gasteiger partial charge is 0.0991 e. The Morgan fingerprint density at radius 3 is 1.97 bits per heavy atom. The molecule has 2 atom stereocenters. The van der Waals surface area contributed by atoms with Gasteiger partial charge in [-0.2, -0.15) is 0 Å². The van der Waals surface area contributed by atoms with Gasteiger partial charge < -0.3 is 34.9 Å². The van der Waals surface area contributed by atoms with Gasteiger partial charge in [0.15, 0.2) is 0 Å². The predicted octanol–water partition coefficient (Wildman–Crippen LogP) is 1.72. The monoisotopic (exact) mass is 422 g/mol. The van der Waals surface area contributed by atoms with Crippen molar-refractivity contribution in [2.75, 3.05) is 66.2 Å². The van der Waals surface area contributed by atoms with Crippen LogP contribution in [0.5, 0.6) is 0 Å². The van der Waals surface area contributed by atoms with Crippen LogP contribution in [0.1, 0.15) is 58.8 Å². The van der Waals surface area contributed by atoms with Crippen molar-refractivity contribution >= 4 is 0 Å². The molecule has 0 saturated heterocycles. The fourth-order valence-corrected chi connectivity index (χ4v) is 2.59. The van der Waals surface area contributed by atoms with Crippen molar-refractivity contribution in [1.82, 2.24) is 4.90 Å². The van der Waals surface area contributed by atoms with Crippen molar-refractivity contribution in [1.29, 1.82) is 0 Å². The standard InChI is InChI=1S/C21H46N2O6/c1-3-5-11-29-19-23(10-6-7-14-28-18-22)15-21(25)17-27-13-9-8-12-26-16-20(24)4-2/h20-21,24-25H,3-19,22H2,1-2H3. The first-order valence-electron chi connectivity index (χ1n) is 11.2. The lowest BCUT2D eigenvalue weighted by Gasteiger charge is -2.25. The summed E-state index contributed by atoms with van der Waals surface area (Å²) in [6.07, 6.45) is 5.62. The second-order valence-corrected chi connectivity index (χ2v) is 7.32. The first-order valence-corrected chi connectivity index (χ1v) is 11.2. The molecule has 0 rings (SSSR count). The largest absolute Gasteiger partial charge is 0.391 e. The number of rotatable bonds is 23. The first kappa shape index (κ1) is 28.7. The fourth-order valence-electron chi connectivity index (χ4n) is 2.59. The molecule has 0 aliphatic rings. The van der Waals surface area contributed by atoms with Gasteiger partial charge in [-0.05, 0) is 38.5 Å². The number of unbranched alkanes of at least 4 members (excludes halogenated alkanes) is 3. The zero-order valence-corrected chi connectivity index (χ0v) is 18.7. The summed E-state index contributed by atoms with van der Waals surface area (Å²) in [7, 11) is 0. The van der Waals surface area contributed by atoms with Crippen LogP contribution in [-0.2, 0) is 18.9 Å². The van der Waals surface area contributed by atoms with Crippen molar-refractivity contribution in [2.45, 2.75) is 71.0 Å². The maximum Gasteiger partial charge on any atom is 0.0991 e. The van der Waals surface area contributed by atoms with E-state index in [0.29, 0.717) is 52.7 Å². The van der Waals surface area contributed by atoms with Crippen LogP contribution in [0.2, 0.25) is 0 Å². The van der Waals surface area contributed by atoms with E-state index in [9.17, 15) is 10.2 Å². The predicted molar refractivity (Wildman–Crippen MR) is 115 cm³/mol. The second-order valence-electron chi connectivity index (χ2n) is 7.32. The Hall–Kier alpha value is -0.320. The zero-order chi connectivity index (χ0) is 21.6. The van der Waals surface area contributed by atoms with E-state index in [1.54, 1.807) is 0 Å². The summed E-state index contributed by atoms with van der Waals surface area (Å²) in [5.74, 6) is 0. The highest BCUT2D eigenvalue weighted by Gasteiger charge is 2.12. The van der Waals surface area contributed by atoms with Crippen LogP contribution in [-0.4, -0.2) is 93.5 Å². The number of aliphatic hydroxyl groups is 2. The Bertz CT molecular complexity index is 326. The molecule has 0 aliphatic carbocycles. The summed E-state index contributed by atoms with van der Waals surface area (Å²) >= 11 is 0. The fraction of sp³-hybridized carbons (Fsp3) is 1.00. The summed E-state index contributed by atoms with van der Waals surface area (Å²) in [6, 6.07) is 0. The third-order valence-electron chi connectivity index (χ3n) is 4.43. The van der Waals surface area contributed by atoms with Crippen molar-refractivity contribution < 1.29 is 29.2 Å². The van der Waals surface area contributed by atoms with E-state index in [0.717, 1.165) is 51.7 Å². The van der Waals surface area contributed by atoms with E-state index in [1.807, 2.05) is 6.92 Å². The van der Waals surface area contributed by atoms with Gasteiger partial charge in [-0.1, -0.05) is 20.3 Å². The molecule has 0 bridgehead atoms. The van der Waals surface area contributed by atoms with Crippen molar-refractivity contribution in [3.8, 4) is 0 Å². The molecule has 0 spiro atoms. The molecule has 2 unspecified atom stereocenters. The summed E-state index contributed by atoms with van der Waals surface area (Å²) in [4.78, 5) is 2.12. The van der Waals surface area contributed by atoms with Crippen molar-refractivity contribution in [2.24, 2.45) is 5.73 Å². The number of hydrogen-bond donors (Lipinski definition) is 3. The highest BCUT2D eigenvalue weighted by atomic mass is 16.5. The molecule has 29 heavy (non-hydrogen) atoms. The van der Waals surface area contributed by atoms with E-state index in [4.69, 9.17) is 24.7 Å². The van der Waals surface area contributed by atoms with E-state index >= 15 is 0 Å². The van der Waals surface area contributed by atoms with Crippen LogP contribution in [0.15, 0.2) is 0 Å². The van der Waals surface area contributed by atoms with E-state index in [-0.39, 0.29) is 12.8 Å². The van der Waals surface area contributed by atoms with Gasteiger partial charge in [0, 0.05) is 39.5 Å². The van der Waals surface area contributed by atoms with Gasteiger partial charge in [-0.25, -0.2) is 0 Å². The van der Waals surface area contributed by atoms with Gasteiger partial charge >= 0.3 is 0 Å². The summed E-state index contributed by atoms with van der Waals surface area (Å²) in [5, 5.41) is 19.7. The lowest BCUT2D eigenvalue weighted by atomic mass is 10.3. The van der Waals surface area contributed by atoms with Crippen LogP contribution in [0.3, 0.4) is 0 Å². The molecule has 0 heterocycles. The molecule has 0 radical (unpaired) electrons. The van der Waals surface area contributed by atoms with Crippen LogP contribution in [0, 0.1) is 0 Å². The maximum atomic E-state index is 10.3. The molecular weight excluding hydrogens is 376 g/mol. The van der Waals surface area contributed by atoms with Gasteiger partial charge in [0.25, 0.3) is 0 Å². The van der Waals surface area contributed by atoms with E-state index in [2.05, 4.69) is 11.8 Å². The van der Waals surface area contributed by atoms with Gasteiger partial charge in [-0.15, -0.1) is 0 Å². The van der Waals surface area contributed by atoms with Crippen LogP contribution in [0.4, 0.5) is 0 Å². The maximum absolute atomic E-state index is 10.3. The minimum Gasteiger partial charge on any atom is -0.391 e. The average molecular weight is 423 g/mol. The molecule has 0 aromatic rings. The van der Waals surface area contributed by atoms with E-state index in [1.165, 1.54) is 0 Å². The number of ether oxygens (including phenoxy) is 4. The summed E-state index contributed by atoms with van der Waals surface area (Å²) in [6.45, 7) is 9.56. The highest BCUT2D eigenvalue weighted by molar-refractivity contribution is 4.63. The normalized spacial score (nSPS) is 13.9. The molecule has 0 saturated carbocycles. The molecule has 0 amide bonds. The minimum atomic E-state index is -0.541. The number of hydrogen-bond acceptors (Lipinski definition) is 8. The Balaban J connectivity index is 3.84. The third-order valence-corrected chi connectivity index (χ3v) is 4.43. The SMILES string of the molecule is CCCCOCN(CCCCOCN)CC(O)COCCCCOCC(O)CC. The van der Waals surface area contributed by atoms with Crippen LogP contribution in [0.25, 0.3) is 0 Å². The summed E-state index contributed by atoms with van der Waals surface area (Å²) < 4.78 is 21.9. The number of nitrogens with zero attached hydrogens (tertiary/aromatic N) is 1. The molecule has 8 nitrogen and oxygen atoms in total. The molecule has 8 heteroatoms. The Morgan fingerprint density at radius 2 is 1.34 bits per heavy atom. The molecule has 0 aliphatic heterocycles. The molecule has 0 aromatic heterocycles. The zero-order valence-electron chi connectivity index (χ0n) is 18.7. The van der Waals surface area contributed by atoms with E-state index < -0.39 is 6.10 Å². The van der Waals surface area contributed by atoms with Gasteiger partial charge in [0.1, 0.15) is 0 Å². The highest BCUT2D eigenvalue weighted by Crippen LogP contribution is 2.02. The van der Waals surface area contributed by atoms with Gasteiger partial charge in [-0.3, -0.25) is 4.90 Å². The third kappa shape index (κ3) is 20.7. The second kappa shape index (κ2) is 22.4. The van der Waals surface area contributed by atoms with Crippen LogP contribution < -0.4 is 5.73 Å². The topological polar surface area (TPSA) is 107 Å². The molecular formula is C21H46N2O6. The van der Waals surface area contributed by atoms with Gasteiger partial charge in [0.05, 0.1) is 38.9 Å².